The van der Waals surface area contributed by atoms with Crippen LogP contribution >= 0.6 is 0 Å². The lowest BCUT2D eigenvalue weighted by Gasteiger charge is -2.02. The molecule has 0 aromatic heterocycles. The Hall–Kier alpha value is -2.68. The highest BCUT2D eigenvalue weighted by Gasteiger charge is 2.03. The molecule has 0 spiro atoms. The SMILES string of the molecule is CCCCc1ccc(/C=C/C(=O)c2ccc(CCCC(=O)O)cc2)cc1. The molecule has 3 nitrogen and oxygen atoms in total. The number of allylic oxidation sites excluding steroid dienone is 1. The van der Waals surface area contributed by atoms with Crippen LogP contribution in [0.4, 0.5) is 0 Å². The fourth-order valence-electron chi connectivity index (χ4n) is 2.72. The zero-order valence-electron chi connectivity index (χ0n) is 15.3. The largest absolute Gasteiger partial charge is 0.481 e. The van der Waals surface area contributed by atoms with Crippen molar-refractivity contribution in [2.24, 2.45) is 0 Å². The topological polar surface area (TPSA) is 54.4 Å². The van der Waals surface area contributed by atoms with Crippen molar-refractivity contribution in [3.63, 3.8) is 0 Å². The average Bonchev–Trinajstić information content (AvgIpc) is 2.65. The minimum Gasteiger partial charge on any atom is -0.481 e. The Kier molecular flexibility index (Phi) is 7.81. The van der Waals surface area contributed by atoms with Crippen molar-refractivity contribution in [1.82, 2.24) is 0 Å². The van der Waals surface area contributed by atoms with E-state index in [1.165, 1.54) is 18.4 Å². The van der Waals surface area contributed by atoms with Crippen LogP contribution in [0, 0.1) is 0 Å². The van der Waals surface area contributed by atoms with Crippen LogP contribution < -0.4 is 0 Å². The molecule has 0 saturated carbocycles. The number of carboxylic acid groups (broad SMARTS) is 1. The van der Waals surface area contributed by atoms with E-state index in [2.05, 4.69) is 19.1 Å². The number of carbonyl (C=O) groups excluding carboxylic acids is 1. The van der Waals surface area contributed by atoms with Crippen LogP contribution in [-0.4, -0.2) is 16.9 Å². The number of aliphatic carboxylic acids is 1. The predicted octanol–water partition coefficient (Wildman–Crippen LogP) is 5.33. The Labute approximate surface area is 155 Å². The number of hydrogen-bond acceptors (Lipinski definition) is 2. The molecule has 3 heteroatoms. The molecule has 0 bridgehead atoms. The third-order valence-electron chi connectivity index (χ3n) is 4.32. The van der Waals surface area contributed by atoms with Crippen LogP contribution in [0.5, 0.6) is 0 Å². The van der Waals surface area contributed by atoms with Crippen LogP contribution in [0.2, 0.25) is 0 Å². The van der Waals surface area contributed by atoms with Gasteiger partial charge in [0.05, 0.1) is 0 Å². The quantitative estimate of drug-likeness (QED) is 0.465. The van der Waals surface area contributed by atoms with E-state index in [4.69, 9.17) is 5.11 Å². The van der Waals surface area contributed by atoms with Gasteiger partial charge < -0.3 is 5.11 Å². The lowest BCUT2D eigenvalue weighted by molar-refractivity contribution is -0.137. The number of rotatable bonds is 10. The van der Waals surface area contributed by atoms with Crippen molar-refractivity contribution in [1.29, 1.82) is 0 Å². The van der Waals surface area contributed by atoms with Gasteiger partial charge in [0, 0.05) is 12.0 Å². The molecular weight excluding hydrogens is 324 g/mol. The molecule has 0 aliphatic heterocycles. The maximum Gasteiger partial charge on any atom is 0.303 e. The Morgan fingerprint density at radius 2 is 1.46 bits per heavy atom. The van der Waals surface area contributed by atoms with Gasteiger partial charge in [0.1, 0.15) is 0 Å². The molecular formula is C23H26O3. The van der Waals surface area contributed by atoms with E-state index >= 15 is 0 Å². The first-order valence-corrected chi connectivity index (χ1v) is 9.20. The zero-order valence-corrected chi connectivity index (χ0v) is 15.3. The molecule has 0 radical (unpaired) electrons. The van der Waals surface area contributed by atoms with Gasteiger partial charge in [0.25, 0.3) is 0 Å². The Balaban J connectivity index is 1.90. The predicted molar refractivity (Wildman–Crippen MR) is 105 cm³/mol. The Morgan fingerprint density at radius 3 is 2.04 bits per heavy atom. The summed E-state index contributed by atoms with van der Waals surface area (Å²) < 4.78 is 0. The summed E-state index contributed by atoms with van der Waals surface area (Å²) >= 11 is 0. The molecule has 0 saturated heterocycles. The monoisotopic (exact) mass is 350 g/mol. The number of carbonyl (C=O) groups is 2. The highest BCUT2D eigenvalue weighted by atomic mass is 16.4. The molecule has 2 aromatic carbocycles. The van der Waals surface area contributed by atoms with Gasteiger partial charge >= 0.3 is 5.97 Å². The fraction of sp³-hybridized carbons (Fsp3) is 0.304. The summed E-state index contributed by atoms with van der Waals surface area (Å²) in [5.41, 5.74) is 4.04. The molecule has 0 amide bonds. The van der Waals surface area contributed by atoms with Gasteiger partial charge in [0.2, 0.25) is 0 Å². The molecule has 0 aliphatic carbocycles. The van der Waals surface area contributed by atoms with Gasteiger partial charge in [-0.1, -0.05) is 68.0 Å². The summed E-state index contributed by atoms with van der Waals surface area (Å²) in [6.07, 6.45) is 8.40. The lowest BCUT2D eigenvalue weighted by Crippen LogP contribution is -1.97. The maximum absolute atomic E-state index is 12.3. The van der Waals surface area contributed by atoms with Crippen LogP contribution in [0.3, 0.4) is 0 Å². The summed E-state index contributed by atoms with van der Waals surface area (Å²) in [6, 6.07) is 15.7. The molecule has 2 rings (SSSR count). The zero-order chi connectivity index (χ0) is 18.8. The van der Waals surface area contributed by atoms with Crippen molar-refractivity contribution in [2.45, 2.75) is 45.4 Å². The van der Waals surface area contributed by atoms with Gasteiger partial charge in [-0.2, -0.15) is 0 Å². The number of benzene rings is 2. The number of carboxylic acids is 1. The summed E-state index contributed by atoms with van der Waals surface area (Å²) in [4.78, 5) is 22.8. The number of unbranched alkanes of at least 4 members (excludes halogenated alkanes) is 1. The first-order valence-electron chi connectivity index (χ1n) is 9.20. The maximum atomic E-state index is 12.3. The normalized spacial score (nSPS) is 11.0. The molecule has 0 aliphatic rings. The van der Waals surface area contributed by atoms with Crippen molar-refractivity contribution in [2.75, 3.05) is 0 Å². The Morgan fingerprint density at radius 1 is 0.885 bits per heavy atom. The molecule has 1 N–H and O–H groups in total. The van der Waals surface area contributed by atoms with E-state index in [1.807, 2.05) is 30.3 Å². The van der Waals surface area contributed by atoms with Gasteiger partial charge in [-0.05, 0) is 48.4 Å². The van der Waals surface area contributed by atoms with Crippen molar-refractivity contribution < 1.29 is 14.7 Å². The first-order chi connectivity index (χ1) is 12.6. The summed E-state index contributed by atoms with van der Waals surface area (Å²) in [7, 11) is 0. The van der Waals surface area contributed by atoms with E-state index < -0.39 is 5.97 Å². The van der Waals surface area contributed by atoms with E-state index in [1.54, 1.807) is 18.2 Å². The molecule has 0 heterocycles. The molecule has 0 atom stereocenters. The molecule has 0 unspecified atom stereocenters. The summed E-state index contributed by atoms with van der Waals surface area (Å²) in [5.74, 6) is -0.808. The number of hydrogen-bond donors (Lipinski definition) is 1. The van der Waals surface area contributed by atoms with E-state index in [0.29, 0.717) is 18.4 Å². The minimum absolute atomic E-state index is 0.0304. The van der Waals surface area contributed by atoms with Gasteiger partial charge in [-0.15, -0.1) is 0 Å². The van der Waals surface area contributed by atoms with Crippen molar-refractivity contribution in [3.8, 4) is 0 Å². The second kappa shape index (κ2) is 10.3. The van der Waals surface area contributed by atoms with Crippen LogP contribution in [-0.2, 0) is 17.6 Å². The molecule has 136 valence electrons. The highest BCUT2D eigenvalue weighted by Crippen LogP contribution is 2.12. The first kappa shape index (κ1) is 19.6. The second-order valence-corrected chi connectivity index (χ2v) is 6.49. The Bertz CT molecular complexity index is 740. The number of ketones is 1. The van der Waals surface area contributed by atoms with Crippen LogP contribution in [0.1, 0.15) is 59.7 Å². The van der Waals surface area contributed by atoms with E-state index in [-0.39, 0.29) is 12.2 Å². The van der Waals surface area contributed by atoms with E-state index in [9.17, 15) is 9.59 Å². The third kappa shape index (κ3) is 6.67. The molecule has 2 aromatic rings. The van der Waals surface area contributed by atoms with Gasteiger partial charge in [-0.25, -0.2) is 0 Å². The smallest absolute Gasteiger partial charge is 0.303 e. The van der Waals surface area contributed by atoms with Crippen LogP contribution in [0.15, 0.2) is 54.6 Å². The number of aryl methyl sites for hydroxylation is 2. The van der Waals surface area contributed by atoms with Crippen molar-refractivity contribution >= 4 is 17.8 Å². The van der Waals surface area contributed by atoms with Gasteiger partial charge in [-0.3, -0.25) is 9.59 Å². The summed E-state index contributed by atoms with van der Waals surface area (Å²) in [5, 5.41) is 8.66. The molecule has 26 heavy (non-hydrogen) atoms. The minimum atomic E-state index is -0.777. The van der Waals surface area contributed by atoms with Gasteiger partial charge in [0.15, 0.2) is 5.78 Å². The molecule has 0 fully saturated rings. The highest BCUT2D eigenvalue weighted by molar-refractivity contribution is 6.06. The summed E-state index contributed by atoms with van der Waals surface area (Å²) in [6.45, 7) is 2.19. The van der Waals surface area contributed by atoms with Crippen molar-refractivity contribution in [3.05, 3.63) is 76.9 Å². The van der Waals surface area contributed by atoms with E-state index in [0.717, 1.165) is 17.5 Å². The third-order valence-corrected chi connectivity index (χ3v) is 4.32. The lowest BCUT2D eigenvalue weighted by atomic mass is 10.0. The van der Waals surface area contributed by atoms with Crippen LogP contribution in [0.25, 0.3) is 6.08 Å². The fourth-order valence-corrected chi connectivity index (χ4v) is 2.72. The average molecular weight is 350 g/mol. The standard InChI is InChI=1S/C23H26O3/c1-2-3-5-18-8-10-20(11-9-18)14-17-22(24)21-15-12-19(13-16-21)6-4-7-23(25)26/h8-17H,2-7H2,1H3,(H,25,26)/b17-14+. The second-order valence-electron chi connectivity index (χ2n) is 6.49.